The van der Waals surface area contributed by atoms with Crippen LogP contribution in [0.2, 0.25) is 0 Å². The molecule has 0 aromatic rings. The molecule has 0 saturated heterocycles. The first-order chi connectivity index (χ1) is 10.2. The molecule has 0 radical (unpaired) electrons. The highest BCUT2D eigenvalue weighted by Crippen LogP contribution is 2.28. The maximum atomic E-state index is 11.6. The van der Waals surface area contributed by atoms with E-state index >= 15 is 0 Å². The van der Waals surface area contributed by atoms with E-state index in [0.717, 1.165) is 31.8 Å². The van der Waals surface area contributed by atoms with Crippen molar-refractivity contribution in [2.45, 2.75) is 82.7 Å². The van der Waals surface area contributed by atoms with Gasteiger partial charge in [0.2, 0.25) is 0 Å². The van der Waals surface area contributed by atoms with E-state index in [4.69, 9.17) is 4.74 Å². The van der Waals surface area contributed by atoms with Gasteiger partial charge in [0.15, 0.2) is 0 Å². The van der Waals surface area contributed by atoms with Crippen molar-refractivity contribution in [1.29, 1.82) is 0 Å². The van der Waals surface area contributed by atoms with Gasteiger partial charge in [-0.2, -0.15) is 0 Å². The molecule has 1 atom stereocenters. The Labute approximate surface area is 128 Å². The van der Waals surface area contributed by atoms with Gasteiger partial charge in [-0.05, 0) is 50.9 Å². The minimum Gasteiger partial charge on any atom is -0.480 e. The van der Waals surface area contributed by atoms with Crippen LogP contribution in [0.3, 0.4) is 0 Å². The molecular formula is C17H31NO3. The van der Waals surface area contributed by atoms with Gasteiger partial charge in [0, 0.05) is 19.3 Å². The zero-order chi connectivity index (χ0) is 15.1. The van der Waals surface area contributed by atoms with Crippen molar-refractivity contribution in [1.82, 2.24) is 5.32 Å². The monoisotopic (exact) mass is 297 g/mol. The van der Waals surface area contributed by atoms with Gasteiger partial charge in [-0.15, -0.1) is 0 Å². The molecule has 2 saturated carbocycles. The normalized spacial score (nSPS) is 22.9. The Morgan fingerprint density at radius 2 is 1.95 bits per heavy atom. The number of carboxylic acids is 1. The van der Waals surface area contributed by atoms with Crippen molar-refractivity contribution >= 4 is 5.97 Å². The van der Waals surface area contributed by atoms with Crippen LogP contribution in [0, 0.1) is 5.92 Å². The summed E-state index contributed by atoms with van der Waals surface area (Å²) in [6.45, 7) is 3.52. The molecule has 0 spiro atoms. The quantitative estimate of drug-likeness (QED) is 0.607. The summed E-state index contributed by atoms with van der Waals surface area (Å²) in [6.07, 6.45) is 11.0. The summed E-state index contributed by atoms with van der Waals surface area (Å²) in [4.78, 5) is 11.6. The van der Waals surface area contributed by atoms with E-state index in [9.17, 15) is 9.90 Å². The van der Waals surface area contributed by atoms with Crippen molar-refractivity contribution in [2.75, 3.05) is 13.2 Å². The fraction of sp³-hybridized carbons (Fsp3) is 0.941. The summed E-state index contributed by atoms with van der Waals surface area (Å²) < 4.78 is 5.79. The average molecular weight is 297 g/mol. The number of carboxylic acid groups (broad SMARTS) is 1. The van der Waals surface area contributed by atoms with Crippen molar-refractivity contribution in [3.8, 4) is 0 Å². The summed E-state index contributed by atoms with van der Waals surface area (Å²) in [7, 11) is 0. The van der Waals surface area contributed by atoms with Gasteiger partial charge in [-0.25, -0.2) is 0 Å². The second kappa shape index (κ2) is 8.14. The van der Waals surface area contributed by atoms with Gasteiger partial charge in [-0.1, -0.05) is 26.2 Å². The first-order valence-electron chi connectivity index (χ1n) is 8.75. The zero-order valence-corrected chi connectivity index (χ0v) is 13.4. The Morgan fingerprint density at radius 3 is 2.52 bits per heavy atom. The number of hydrogen-bond acceptors (Lipinski definition) is 3. The Kier molecular flexibility index (Phi) is 6.49. The predicted octanol–water partition coefficient (Wildman–Crippen LogP) is 3.35. The van der Waals surface area contributed by atoms with Crippen LogP contribution in [0.5, 0.6) is 0 Å². The summed E-state index contributed by atoms with van der Waals surface area (Å²) in [6, 6.07) is 0.421. The lowest BCUT2D eigenvalue weighted by molar-refractivity contribution is -0.145. The first kappa shape index (κ1) is 16.8. The molecule has 0 aromatic carbocycles. The Hall–Kier alpha value is -0.610. The van der Waals surface area contributed by atoms with Gasteiger partial charge in [0.1, 0.15) is 5.54 Å². The van der Waals surface area contributed by atoms with E-state index in [2.05, 4.69) is 5.32 Å². The largest absolute Gasteiger partial charge is 0.480 e. The van der Waals surface area contributed by atoms with Crippen LogP contribution >= 0.6 is 0 Å². The number of rotatable bonds is 10. The molecule has 2 fully saturated rings. The van der Waals surface area contributed by atoms with Gasteiger partial charge in [0.05, 0.1) is 0 Å². The van der Waals surface area contributed by atoms with E-state index in [1.54, 1.807) is 0 Å². The number of hydrogen-bond donors (Lipinski definition) is 2. The van der Waals surface area contributed by atoms with Crippen LogP contribution in [0.25, 0.3) is 0 Å². The number of nitrogens with one attached hydrogen (secondary N) is 1. The van der Waals surface area contributed by atoms with Crippen LogP contribution in [0.1, 0.15) is 71.1 Å². The Morgan fingerprint density at radius 1 is 1.24 bits per heavy atom. The zero-order valence-electron chi connectivity index (χ0n) is 13.4. The molecule has 4 nitrogen and oxygen atoms in total. The molecule has 0 amide bonds. The van der Waals surface area contributed by atoms with E-state index in [1.807, 2.05) is 6.92 Å². The van der Waals surface area contributed by atoms with Crippen LogP contribution in [-0.2, 0) is 9.53 Å². The maximum absolute atomic E-state index is 11.6. The van der Waals surface area contributed by atoms with Crippen molar-refractivity contribution in [3.63, 3.8) is 0 Å². The summed E-state index contributed by atoms with van der Waals surface area (Å²) in [5.74, 6) is 0.0305. The van der Waals surface area contributed by atoms with E-state index in [-0.39, 0.29) is 0 Å². The predicted molar refractivity (Wildman–Crippen MR) is 83.4 cm³/mol. The molecule has 4 heteroatoms. The standard InChI is InChI=1S/C17H31NO3/c1-2-17(16(19)20,18-15-9-10-15)11-6-12-21-13-14-7-4-3-5-8-14/h14-15,18H,2-13H2,1H3,(H,19,20). The molecule has 122 valence electrons. The highest BCUT2D eigenvalue weighted by Gasteiger charge is 2.40. The molecule has 0 aromatic heterocycles. The van der Waals surface area contributed by atoms with Gasteiger partial charge < -0.3 is 9.84 Å². The lowest BCUT2D eigenvalue weighted by atomic mass is 9.89. The van der Waals surface area contributed by atoms with Crippen molar-refractivity contribution < 1.29 is 14.6 Å². The average Bonchev–Trinajstić information content (AvgIpc) is 3.30. The topological polar surface area (TPSA) is 58.6 Å². The van der Waals surface area contributed by atoms with E-state index < -0.39 is 11.5 Å². The van der Waals surface area contributed by atoms with Gasteiger partial charge >= 0.3 is 5.97 Å². The molecular weight excluding hydrogens is 266 g/mol. The van der Waals surface area contributed by atoms with Crippen LogP contribution in [0.4, 0.5) is 0 Å². The molecule has 2 aliphatic rings. The third-order valence-electron chi connectivity index (χ3n) is 5.04. The fourth-order valence-corrected chi connectivity index (χ4v) is 3.37. The molecule has 21 heavy (non-hydrogen) atoms. The molecule has 0 heterocycles. The molecule has 2 aliphatic carbocycles. The Balaban J connectivity index is 1.65. The van der Waals surface area contributed by atoms with Crippen molar-refractivity contribution in [3.05, 3.63) is 0 Å². The summed E-state index contributed by atoms with van der Waals surface area (Å²) in [5, 5.41) is 12.9. The van der Waals surface area contributed by atoms with Crippen molar-refractivity contribution in [2.24, 2.45) is 5.92 Å². The third-order valence-corrected chi connectivity index (χ3v) is 5.04. The Bertz CT molecular complexity index is 324. The number of carbonyl (C=O) groups is 1. The van der Waals surface area contributed by atoms with Crippen LogP contribution in [0.15, 0.2) is 0 Å². The maximum Gasteiger partial charge on any atom is 0.323 e. The SMILES string of the molecule is CCC(CCCOCC1CCCCC1)(NC1CC1)C(=O)O. The van der Waals surface area contributed by atoms with Gasteiger partial charge in [-0.3, -0.25) is 10.1 Å². The first-order valence-corrected chi connectivity index (χ1v) is 8.75. The molecule has 2 N–H and O–H groups in total. The third kappa shape index (κ3) is 5.26. The number of aliphatic carboxylic acids is 1. The second-order valence-corrected chi connectivity index (χ2v) is 6.84. The molecule has 0 aliphatic heterocycles. The molecule has 0 bridgehead atoms. The minimum atomic E-state index is -0.741. The molecule has 1 unspecified atom stereocenters. The second-order valence-electron chi connectivity index (χ2n) is 6.84. The summed E-state index contributed by atoms with van der Waals surface area (Å²) in [5.41, 5.74) is -0.741. The fourth-order valence-electron chi connectivity index (χ4n) is 3.37. The molecule has 2 rings (SSSR count). The van der Waals surface area contributed by atoms with E-state index in [1.165, 1.54) is 32.1 Å². The lowest BCUT2D eigenvalue weighted by Gasteiger charge is -2.30. The van der Waals surface area contributed by atoms with E-state index in [0.29, 0.717) is 25.5 Å². The smallest absolute Gasteiger partial charge is 0.323 e. The lowest BCUT2D eigenvalue weighted by Crippen LogP contribution is -2.52. The van der Waals surface area contributed by atoms with Crippen LogP contribution < -0.4 is 5.32 Å². The summed E-state index contributed by atoms with van der Waals surface area (Å²) >= 11 is 0. The van der Waals surface area contributed by atoms with Gasteiger partial charge in [0.25, 0.3) is 0 Å². The highest BCUT2D eigenvalue weighted by molar-refractivity contribution is 5.78. The highest BCUT2D eigenvalue weighted by atomic mass is 16.5. The number of ether oxygens (including phenoxy) is 1. The van der Waals surface area contributed by atoms with Crippen LogP contribution in [-0.4, -0.2) is 35.9 Å². The minimum absolute atomic E-state index is 0.421.